The van der Waals surface area contributed by atoms with E-state index in [1.54, 1.807) is 0 Å². The molecule has 2 aromatic rings. The third kappa shape index (κ3) is 4.11. The van der Waals surface area contributed by atoms with Crippen molar-refractivity contribution in [3.05, 3.63) is 95.6 Å². The van der Waals surface area contributed by atoms with Crippen LogP contribution in [0, 0.1) is 25.2 Å². The van der Waals surface area contributed by atoms with Crippen molar-refractivity contribution in [1.29, 1.82) is 0 Å². The normalized spacial score (nSPS) is 28.3. The van der Waals surface area contributed by atoms with E-state index in [0.29, 0.717) is 11.8 Å². The van der Waals surface area contributed by atoms with Gasteiger partial charge in [0, 0.05) is 25.2 Å². The van der Waals surface area contributed by atoms with Gasteiger partial charge in [-0.25, -0.2) is 0 Å². The highest BCUT2D eigenvalue weighted by Crippen LogP contribution is 2.47. The van der Waals surface area contributed by atoms with Gasteiger partial charge in [-0.3, -0.25) is 0 Å². The quantitative estimate of drug-likeness (QED) is 0.711. The molecule has 2 unspecified atom stereocenters. The first-order chi connectivity index (χ1) is 14.6. The third-order valence-corrected chi connectivity index (χ3v) is 7.27. The van der Waals surface area contributed by atoms with Crippen molar-refractivity contribution in [1.82, 2.24) is 4.90 Å². The topological polar surface area (TPSA) is 23.5 Å². The molecule has 155 valence electrons. The lowest BCUT2D eigenvalue weighted by Crippen LogP contribution is -2.30. The van der Waals surface area contributed by atoms with E-state index in [1.165, 1.54) is 28.0 Å². The van der Waals surface area contributed by atoms with Gasteiger partial charge in [0.25, 0.3) is 0 Å². The molecule has 1 aliphatic heterocycles. The van der Waals surface area contributed by atoms with E-state index in [1.807, 2.05) is 0 Å². The lowest BCUT2D eigenvalue weighted by atomic mass is 9.91. The van der Waals surface area contributed by atoms with Crippen molar-refractivity contribution in [3.8, 4) is 0 Å². The molecule has 1 heterocycles. The molecule has 2 aliphatic carbocycles. The van der Waals surface area contributed by atoms with Crippen LogP contribution >= 0.6 is 0 Å². The average Bonchev–Trinajstić information content (AvgIpc) is 3.29. The SMILES string of the molecule is Cc1cccc(C2=CC[CH]C(N3CC4CC(O)(CCc5ccccc5)CC4C3)=C2)c1. The maximum Gasteiger partial charge on any atom is 0.0657 e. The summed E-state index contributed by atoms with van der Waals surface area (Å²) in [6.07, 6.45) is 11.8. The summed E-state index contributed by atoms with van der Waals surface area (Å²) in [5.74, 6) is 1.24. The number of rotatable bonds is 5. The molecule has 0 spiro atoms. The van der Waals surface area contributed by atoms with Crippen molar-refractivity contribution in [2.75, 3.05) is 13.1 Å². The predicted molar refractivity (Wildman–Crippen MR) is 124 cm³/mol. The van der Waals surface area contributed by atoms with Crippen molar-refractivity contribution in [2.45, 2.75) is 44.6 Å². The number of nitrogens with zero attached hydrogens (tertiary/aromatic N) is 1. The summed E-state index contributed by atoms with van der Waals surface area (Å²) in [6.45, 7) is 4.33. The Labute approximate surface area is 180 Å². The minimum atomic E-state index is -0.478. The lowest BCUT2D eigenvalue weighted by Gasteiger charge is -2.29. The van der Waals surface area contributed by atoms with Gasteiger partial charge in [-0.05, 0) is 73.6 Å². The summed E-state index contributed by atoms with van der Waals surface area (Å²) in [6, 6.07) is 19.4. The van der Waals surface area contributed by atoms with Crippen molar-refractivity contribution in [3.63, 3.8) is 0 Å². The molecule has 5 rings (SSSR count). The zero-order chi connectivity index (χ0) is 20.6. The number of aryl methyl sites for hydroxylation is 2. The summed E-state index contributed by atoms with van der Waals surface area (Å²) in [7, 11) is 0. The molecule has 0 aromatic heterocycles. The van der Waals surface area contributed by atoms with Crippen molar-refractivity contribution in [2.24, 2.45) is 11.8 Å². The largest absolute Gasteiger partial charge is 0.390 e. The molecular weight excluding hydrogens is 366 g/mol. The second kappa shape index (κ2) is 8.07. The number of hydrogen-bond donors (Lipinski definition) is 1. The van der Waals surface area contributed by atoms with Gasteiger partial charge >= 0.3 is 0 Å². The van der Waals surface area contributed by atoms with Crippen LogP contribution in [0.25, 0.3) is 5.57 Å². The first-order valence-corrected chi connectivity index (χ1v) is 11.4. The minimum Gasteiger partial charge on any atom is -0.390 e. The van der Waals surface area contributed by atoms with E-state index in [4.69, 9.17) is 0 Å². The monoisotopic (exact) mass is 398 g/mol. The maximum atomic E-state index is 11.2. The van der Waals surface area contributed by atoms with Gasteiger partial charge in [0.1, 0.15) is 0 Å². The molecule has 1 N–H and O–H groups in total. The number of hydrogen-bond acceptors (Lipinski definition) is 2. The molecule has 1 saturated carbocycles. The number of allylic oxidation sites excluding steroid dienone is 4. The second-order valence-electron chi connectivity index (χ2n) is 9.58. The number of benzene rings is 2. The van der Waals surface area contributed by atoms with Gasteiger partial charge in [-0.15, -0.1) is 0 Å². The highest BCUT2D eigenvalue weighted by Gasteiger charge is 2.48. The average molecular weight is 399 g/mol. The zero-order valence-electron chi connectivity index (χ0n) is 17.9. The molecule has 2 fully saturated rings. The maximum absolute atomic E-state index is 11.2. The van der Waals surface area contributed by atoms with E-state index in [2.05, 4.69) is 85.0 Å². The Bertz CT molecular complexity index is 944. The standard InChI is InChI=1S/C28H32NO/c1-21-7-5-10-23(15-21)24-11-6-12-27(16-24)29-19-25-17-28(30,18-26(25)20-29)14-13-22-8-3-2-4-9-22/h2-5,7-12,15-16,25-26,30H,6,13-14,17-20H2,1H3. The number of fused-ring (bicyclic) bond motifs is 1. The Morgan fingerprint density at radius 1 is 1.00 bits per heavy atom. The summed E-state index contributed by atoms with van der Waals surface area (Å²) in [5.41, 5.74) is 6.19. The van der Waals surface area contributed by atoms with Gasteiger partial charge in [0.2, 0.25) is 0 Å². The van der Waals surface area contributed by atoms with Gasteiger partial charge in [-0.2, -0.15) is 0 Å². The van der Waals surface area contributed by atoms with E-state index in [-0.39, 0.29) is 0 Å². The van der Waals surface area contributed by atoms with Crippen LogP contribution in [0.3, 0.4) is 0 Å². The van der Waals surface area contributed by atoms with Crippen LogP contribution in [-0.2, 0) is 6.42 Å². The lowest BCUT2D eigenvalue weighted by molar-refractivity contribution is 0.0281. The fourth-order valence-electron chi connectivity index (χ4n) is 5.73. The number of likely N-dealkylation sites (tertiary alicyclic amines) is 1. The molecule has 30 heavy (non-hydrogen) atoms. The second-order valence-corrected chi connectivity index (χ2v) is 9.58. The van der Waals surface area contributed by atoms with E-state index in [0.717, 1.165) is 45.2 Å². The molecule has 2 nitrogen and oxygen atoms in total. The zero-order valence-corrected chi connectivity index (χ0v) is 17.9. The third-order valence-electron chi connectivity index (χ3n) is 7.27. The summed E-state index contributed by atoms with van der Waals surface area (Å²) in [5, 5.41) is 11.2. The fourth-order valence-corrected chi connectivity index (χ4v) is 5.73. The molecule has 1 saturated heterocycles. The van der Waals surface area contributed by atoms with Gasteiger partial charge in [0.05, 0.1) is 5.60 Å². The molecule has 2 atom stereocenters. The highest BCUT2D eigenvalue weighted by molar-refractivity contribution is 5.76. The molecule has 3 aliphatic rings. The van der Waals surface area contributed by atoms with Crippen LogP contribution in [0.5, 0.6) is 0 Å². The fraction of sp³-hybridized carbons (Fsp3) is 0.393. The Kier molecular flexibility index (Phi) is 5.28. The Balaban J connectivity index is 1.22. The molecule has 2 aromatic carbocycles. The van der Waals surface area contributed by atoms with Crippen molar-refractivity contribution < 1.29 is 5.11 Å². The van der Waals surface area contributed by atoms with Crippen LogP contribution in [0.2, 0.25) is 0 Å². The van der Waals surface area contributed by atoms with Crippen molar-refractivity contribution >= 4 is 5.57 Å². The van der Waals surface area contributed by atoms with Crippen LogP contribution in [0.15, 0.2) is 72.4 Å². The smallest absolute Gasteiger partial charge is 0.0657 e. The first-order valence-electron chi connectivity index (χ1n) is 11.4. The summed E-state index contributed by atoms with van der Waals surface area (Å²) >= 11 is 0. The van der Waals surface area contributed by atoms with E-state index < -0.39 is 5.60 Å². The van der Waals surface area contributed by atoms with Gasteiger partial charge in [0.15, 0.2) is 0 Å². The molecule has 0 bridgehead atoms. The minimum absolute atomic E-state index is 0.478. The van der Waals surface area contributed by atoms with Crippen LogP contribution in [0.4, 0.5) is 0 Å². The molecule has 0 amide bonds. The van der Waals surface area contributed by atoms with E-state index >= 15 is 0 Å². The molecule has 2 heteroatoms. The highest BCUT2D eigenvalue weighted by atomic mass is 16.3. The summed E-state index contributed by atoms with van der Waals surface area (Å²) < 4.78 is 0. The van der Waals surface area contributed by atoms with Gasteiger partial charge < -0.3 is 10.0 Å². The summed E-state index contributed by atoms with van der Waals surface area (Å²) in [4.78, 5) is 2.56. The predicted octanol–water partition coefficient (Wildman–Crippen LogP) is 5.58. The Morgan fingerprint density at radius 3 is 2.50 bits per heavy atom. The Morgan fingerprint density at radius 2 is 1.77 bits per heavy atom. The number of aliphatic hydroxyl groups is 1. The van der Waals surface area contributed by atoms with Crippen LogP contribution in [-0.4, -0.2) is 28.7 Å². The Hall–Kier alpha value is -2.32. The van der Waals surface area contributed by atoms with Gasteiger partial charge in [-0.1, -0.05) is 66.2 Å². The molecule has 1 radical (unpaired) electrons. The first kappa shape index (κ1) is 19.6. The van der Waals surface area contributed by atoms with Crippen LogP contribution in [0.1, 0.15) is 42.4 Å². The molecular formula is C28H32NO. The van der Waals surface area contributed by atoms with E-state index in [9.17, 15) is 5.11 Å². The van der Waals surface area contributed by atoms with Crippen LogP contribution < -0.4 is 0 Å².